The summed E-state index contributed by atoms with van der Waals surface area (Å²) < 4.78 is 16.2. The van der Waals surface area contributed by atoms with Crippen LogP contribution in [0.3, 0.4) is 0 Å². The van der Waals surface area contributed by atoms with Gasteiger partial charge in [0.05, 0.1) is 19.4 Å². The topological polar surface area (TPSA) is 81.6 Å². The van der Waals surface area contributed by atoms with Crippen molar-refractivity contribution in [3.8, 4) is 17.1 Å². The van der Waals surface area contributed by atoms with Crippen molar-refractivity contribution in [2.45, 2.75) is 45.2 Å². The van der Waals surface area contributed by atoms with Gasteiger partial charge in [0.1, 0.15) is 11.5 Å². The smallest absolute Gasteiger partial charge is 0.227 e. The lowest BCUT2D eigenvalue weighted by Crippen LogP contribution is -2.32. The van der Waals surface area contributed by atoms with Crippen LogP contribution < -0.4 is 4.74 Å². The van der Waals surface area contributed by atoms with E-state index in [1.54, 1.807) is 6.26 Å². The summed E-state index contributed by atoms with van der Waals surface area (Å²) >= 11 is 0. The number of carbonyl (C=O) groups is 1. The summed E-state index contributed by atoms with van der Waals surface area (Å²) in [5.41, 5.74) is 0.849. The second kappa shape index (κ2) is 8.29. The van der Waals surface area contributed by atoms with Gasteiger partial charge in [-0.15, -0.1) is 0 Å². The molecule has 1 saturated carbocycles. The first-order valence-electron chi connectivity index (χ1n) is 9.60. The van der Waals surface area contributed by atoms with Crippen LogP contribution in [0.25, 0.3) is 11.4 Å². The first kappa shape index (κ1) is 18.3. The van der Waals surface area contributed by atoms with Crippen LogP contribution in [0, 0.1) is 0 Å². The number of aryl methyl sites for hydroxylation is 1. The molecule has 3 aromatic rings. The molecule has 0 bridgehead atoms. The van der Waals surface area contributed by atoms with Gasteiger partial charge in [-0.3, -0.25) is 4.79 Å². The normalized spacial score (nSPS) is 13.5. The highest BCUT2D eigenvalue weighted by Gasteiger charge is 2.33. The van der Waals surface area contributed by atoms with Crippen LogP contribution in [0.2, 0.25) is 0 Å². The maximum Gasteiger partial charge on any atom is 0.227 e. The molecule has 4 rings (SSSR count). The highest BCUT2D eigenvalue weighted by atomic mass is 16.5. The molecule has 1 aliphatic carbocycles. The Kier molecular flexibility index (Phi) is 5.41. The fraction of sp³-hybridized carbons (Fsp3) is 0.381. The predicted octanol–water partition coefficient (Wildman–Crippen LogP) is 3.85. The van der Waals surface area contributed by atoms with E-state index in [1.165, 1.54) is 0 Å². The van der Waals surface area contributed by atoms with Crippen LogP contribution in [-0.2, 0) is 17.8 Å². The number of hydrogen-bond acceptors (Lipinski definition) is 6. The minimum atomic E-state index is 0.0831. The van der Waals surface area contributed by atoms with Crippen LogP contribution in [0.5, 0.6) is 5.75 Å². The van der Waals surface area contributed by atoms with E-state index in [4.69, 9.17) is 13.7 Å². The molecule has 0 spiro atoms. The molecule has 1 fully saturated rings. The third kappa shape index (κ3) is 4.42. The highest BCUT2D eigenvalue weighted by molar-refractivity contribution is 5.77. The molecule has 0 N–H and O–H groups in total. The summed E-state index contributed by atoms with van der Waals surface area (Å²) in [5.74, 6) is 2.67. The number of aromatic nitrogens is 2. The Labute approximate surface area is 163 Å². The van der Waals surface area contributed by atoms with Crippen LogP contribution in [0.4, 0.5) is 0 Å². The summed E-state index contributed by atoms with van der Waals surface area (Å²) in [6.07, 6.45) is 4.49. The van der Waals surface area contributed by atoms with Gasteiger partial charge in [0.25, 0.3) is 0 Å². The highest BCUT2D eigenvalue weighted by Crippen LogP contribution is 2.29. The lowest BCUT2D eigenvalue weighted by Gasteiger charge is -2.20. The Morgan fingerprint density at radius 1 is 1.25 bits per heavy atom. The molecule has 1 aliphatic rings. The van der Waals surface area contributed by atoms with Crippen molar-refractivity contribution in [1.82, 2.24) is 15.0 Å². The van der Waals surface area contributed by atoms with E-state index in [0.717, 1.165) is 29.9 Å². The zero-order valence-electron chi connectivity index (χ0n) is 15.8. The minimum absolute atomic E-state index is 0.0831. The predicted molar refractivity (Wildman–Crippen MR) is 102 cm³/mol. The van der Waals surface area contributed by atoms with Crippen molar-refractivity contribution in [1.29, 1.82) is 0 Å². The Morgan fingerprint density at radius 2 is 2.07 bits per heavy atom. The number of nitrogens with zero attached hydrogens (tertiary/aromatic N) is 3. The molecular weight excluding hydrogens is 358 g/mol. The van der Waals surface area contributed by atoms with Gasteiger partial charge in [-0.2, -0.15) is 4.98 Å². The van der Waals surface area contributed by atoms with Crippen molar-refractivity contribution in [2.75, 3.05) is 6.61 Å². The maximum atomic E-state index is 12.7. The zero-order valence-corrected chi connectivity index (χ0v) is 15.8. The van der Waals surface area contributed by atoms with Gasteiger partial charge in [-0.1, -0.05) is 5.16 Å². The summed E-state index contributed by atoms with van der Waals surface area (Å²) in [4.78, 5) is 19.0. The fourth-order valence-corrected chi connectivity index (χ4v) is 3.08. The van der Waals surface area contributed by atoms with Crippen molar-refractivity contribution in [3.63, 3.8) is 0 Å². The number of ether oxygens (including phenoxy) is 1. The molecule has 0 unspecified atom stereocenters. The van der Waals surface area contributed by atoms with Gasteiger partial charge in [0.2, 0.25) is 17.6 Å². The number of benzene rings is 1. The first-order valence-corrected chi connectivity index (χ1v) is 9.60. The van der Waals surface area contributed by atoms with E-state index in [1.807, 2.05) is 48.2 Å². The molecule has 28 heavy (non-hydrogen) atoms. The van der Waals surface area contributed by atoms with E-state index in [0.29, 0.717) is 43.8 Å². The van der Waals surface area contributed by atoms with Gasteiger partial charge < -0.3 is 18.6 Å². The molecule has 146 valence electrons. The van der Waals surface area contributed by atoms with Gasteiger partial charge in [-0.25, -0.2) is 0 Å². The largest absolute Gasteiger partial charge is 0.494 e. The molecular formula is C21H23N3O4. The second-order valence-electron chi connectivity index (χ2n) is 6.80. The Bertz CT molecular complexity index is 898. The Morgan fingerprint density at radius 3 is 2.75 bits per heavy atom. The van der Waals surface area contributed by atoms with Crippen LogP contribution >= 0.6 is 0 Å². The minimum Gasteiger partial charge on any atom is -0.494 e. The van der Waals surface area contributed by atoms with E-state index in [-0.39, 0.29) is 5.91 Å². The second-order valence-corrected chi connectivity index (χ2v) is 6.80. The van der Waals surface area contributed by atoms with Crippen molar-refractivity contribution in [2.24, 2.45) is 0 Å². The van der Waals surface area contributed by atoms with Crippen LogP contribution in [0.15, 0.2) is 51.6 Å². The lowest BCUT2D eigenvalue weighted by atomic mass is 10.2. The molecule has 1 amide bonds. The van der Waals surface area contributed by atoms with E-state index in [9.17, 15) is 4.79 Å². The maximum absolute atomic E-state index is 12.7. The summed E-state index contributed by atoms with van der Waals surface area (Å²) in [6, 6.07) is 11.6. The summed E-state index contributed by atoms with van der Waals surface area (Å²) in [6.45, 7) is 3.08. The van der Waals surface area contributed by atoms with Crippen molar-refractivity contribution < 1.29 is 18.5 Å². The molecule has 0 aliphatic heterocycles. The number of furan rings is 1. The molecule has 7 heteroatoms. The third-order valence-electron chi connectivity index (χ3n) is 4.66. The average molecular weight is 381 g/mol. The molecule has 0 radical (unpaired) electrons. The Balaban J connectivity index is 1.35. The summed E-state index contributed by atoms with van der Waals surface area (Å²) in [7, 11) is 0. The first-order chi connectivity index (χ1) is 13.7. The number of rotatable bonds is 9. The molecule has 2 aromatic heterocycles. The monoisotopic (exact) mass is 381 g/mol. The molecule has 2 heterocycles. The zero-order chi connectivity index (χ0) is 19.3. The molecule has 0 atom stereocenters. The Hall–Kier alpha value is -3.09. The SMILES string of the molecule is CCOc1ccc(-c2noc(CCC(=O)N(Cc3ccco3)C3CC3)n2)cc1. The standard InChI is InChI=1S/C21H23N3O4/c1-2-26-17-9-5-15(6-10-17)21-22-19(28-23-21)11-12-20(25)24(16-7-8-16)14-18-4-3-13-27-18/h3-6,9-10,13,16H,2,7-8,11-12,14H2,1H3. The van der Waals surface area contributed by atoms with Crippen molar-refractivity contribution >= 4 is 5.91 Å². The van der Waals surface area contributed by atoms with E-state index in [2.05, 4.69) is 10.1 Å². The molecule has 7 nitrogen and oxygen atoms in total. The van der Waals surface area contributed by atoms with E-state index >= 15 is 0 Å². The van der Waals surface area contributed by atoms with Gasteiger partial charge in [0, 0.05) is 24.4 Å². The average Bonchev–Trinajstić information content (AvgIpc) is 3.21. The third-order valence-corrected chi connectivity index (χ3v) is 4.66. The lowest BCUT2D eigenvalue weighted by molar-refractivity contribution is -0.132. The van der Waals surface area contributed by atoms with Gasteiger partial charge in [0.15, 0.2) is 0 Å². The molecule has 0 saturated heterocycles. The van der Waals surface area contributed by atoms with Crippen molar-refractivity contribution in [3.05, 3.63) is 54.3 Å². The number of hydrogen-bond donors (Lipinski definition) is 0. The van der Waals surface area contributed by atoms with E-state index < -0.39 is 0 Å². The fourth-order valence-electron chi connectivity index (χ4n) is 3.08. The number of carbonyl (C=O) groups excluding carboxylic acids is 1. The molecule has 1 aromatic carbocycles. The quantitative estimate of drug-likeness (QED) is 0.560. The summed E-state index contributed by atoms with van der Waals surface area (Å²) in [5, 5.41) is 4.03. The van der Waals surface area contributed by atoms with Gasteiger partial charge in [-0.05, 0) is 56.2 Å². The van der Waals surface area contributed by atoms with Crippen LogP contribution in [-0.4, -0.2) is 33.6 Å². The number of amides is 1. The van der Waals surface area contributed by atoms with Gasteiger partial charge >= 0.3 is 0 Å². The van der Waals surface area contributed by atoms with Crippen LogP contribution in [0.1, 0.15) is 37.8 Å².